The third-order valence-corrected chi connectivity index (χ3v) is 5.65. The molecule has 3 aromatic rings. The number of imide groups is 1. The van der Waals surface area contributed by atoms with Crippen molar-refractivity contribution in [2.24, 2.45) is 5.73 Å². The lowest BCUT2D eigenvalue weighted by Gasteiger charge is -2.20. The molecule has 1 fully saturated rings. The number of nitrogens with two attached hydrogens (primary N) is 1. The van der Waals surface area contributed by atoms with Gasteiger partial charge in [-0.15, -0.1) is 11.3 Å². The first-order valence-corrected chi connectivity index (χ1v) is 9.62. The van der Waals surface area contributed by atoms with Crippen LogP contribution in [0.25, 0.3) is 10.8 Å². The highest BCUT2D eigenvalue weighted by Gasteiger charge is 2.46. The Bertz CT molecular complexity index is 1190. The second-order valence-electron chi connectivity index (χ2n) is 6.60. The number of nitrogens with one attached hydrogen (secondary N) is 2. The molecule has 1 aliphatic heterocycles. The van der Waals surface area contributed by atoms with Crippen LogP contribution in [-0.4, -0.2) is 34.3 Å². The number of aromatic hydroxyl groups is 1. The number of hydrogen-bond acceptors (Lipinski definition) is 6. The lowest BCUT2D eigenvalue weighted by molar-refractivity contribution is -0.122. The van der Waals surface area contributed by atoms with Gasteiger partial charge in [-0.2, -0.15) is 0 Å². The van der Waals surface area contributed by atoms with Crippen LogP contribution in [0.2, 0.25) is 0 Å². The number of methoxy groups -OCH3 is 1. The molecule has 3 heterocycles. The Morgan fingerprint density at radius 3 is 2.83 bits per heavy atom. The number of amides is 3. The second kappa shape index (κ2) is 7.16. The summed E-state index contributed by atoms with van der Waals surface area (Å²) in [6, 6.07) is 6.49. The third kappa shape index (κ3) is 3.40. The average Bonchev–Trinajstić information content (AvgIpc) is 3.37. The molecular formula is C20H18N4O4S. The fourth-order valence-corrected chi connectivity index (χ4v) is 3.89. The van der Waals surface area contributed by atoms with Gasteiger partial charge >= 0.3 is 6.03 Å². The van der Waals surface area contributed by atoms with Crippen molar-refractivity contribution in [2.45, 2.75) is 18.6 Å². The maximum atomic E-state index is 12.6. The maximum absolute atomic E-state index is 12.6. The van der Waals surface area contributed by atoms with Gasteiger partial charge < -0.3 is 25.5 Å². The second-order valence-corrected chi connectivity index (χ2v) is 7.60. The number of ether oxygens (including phenoxy) is 1. The summed E-state index contributed by atoms with van der Waals surface area (Å²) in [5.41, 5.74) is 4.81. The minimum absolute atomic E-state index is 0.0463. The fourth-order valence-electron chi connectivity index (χ4n) is 3.19. The molecule has 1 aromatic carbocycles. The van der Waals surface area contributed by atoms with Crippen molar-refractivity contribution in [1.82, 2.24) is 15.2 Å². The van der Waals surface area contributed by atoms with Gasteiger partial charge in [0.2, 0.25) is 5.54 Å². The standard InChI is InChI=1S/C20H18N4O4S/c1-28-14-3-2-13-9-24(17(25)16(13)7-14)11-20(18(26)22-19(27)23-20)5-4-12-6-15(8-21)29-10-12/h2-3,6-7,9-10,25H,8,11,21H2,1H3,(H2,22,23,26,27)/t20-/m1/s1. The molecule has 0 unspecified atom stereocenters. The monoisotopic (exact) mass is 410 g/mol. The molecule has 1 atom stereocenters. The van der Waals surface area contributed by atoms with E-state index in [4.69, 9.17) is 10.5 Å². The highest BCUT2D eigenvalue weighted by molar-refractivity contribution is 7.10. The summed E-state index contributed by atoms with van der Waals surface area (Å²) in [6.07, 6.45) is 1.70. The van der Waals surface area contributed by atoms with Crippen LogP contribution in [-0.2, 0) is 17.9 Å². The summed E-state index contributed by atoms with van der Waals surface area (Å²) in [6.45, 7) is 0.344. The van der Waals surface area contributed by atoms with Crippen LogP contribution < -0.4 is 21.1 Å². The summed E-state index contributed by atoms with van der Waals surface area (Å²) in [5.74, 6) is 5.81. The van der Waals surface area contributed by atoms with E-state index in [1.807, 2.05) is 11.4 Å². The van der Waals surface area contributed by atoms with E-state index in [1.54, 1.807) is 31.5 Å². The number of nitrogens with zero attached hydrogens (tertiary/aromatic N) is 1. The smallest absolute Gasteiger partial charge is 0.323 e. The molecule has 1 saturated heterocycles. The molecule has 3 amide bonds. The molecule has 29 heavy (non-hydrogen) atoms. The number of thiophene rings is 1. The van der Waals surface area contributed by atoms with Crippen molar-refractivity contribution in [3.05, 3.63) is 46.3 Å². The summed E-state index contributed by atoms with van der Waals surface area (Å²) in [4.78, 5) is 25.4. The van der Waals surface area contributed by atoms with E-state index >= 15 is 0 Å². The normalized spacial score (nSPS) is 18.3. The van der Waals surface area contributed by atoms with Crippen LogP contribution in [0.1, 0.15) is 10.4 Å². The summed E-state index contributed by atoms with van der Waals surface area (Å²) in [5, 5.41) is 18.7. The largest absolute Gasteiger partial charge is 0.497 e. The lowest BCUT2D eigenvalue weighted by Crippen LogP contribution is -2.49. The van der Waals surface area contributed by atoms with Gasteiger partial charge in [0.05, 0.1) is 13.7 Å². The molecule has 0 spiro atoms. The number of benzene rings is 1. The van der Waals surface area contributed by atoms with Gasteiger partial charge in [-0.05, 0) is 24.3 Å². The summed E-state index contributed by atoms with van der Waals surface area (Å²) >= 11 is 1.47. The molecule has 1 aliphatic rings. The molecule has 0 aliphatic carbocycles. The van der Waals surface area contributed by atoms with Gasteiger partial charge in [-0.25, -0.2) is 4.79 Å². The van der Waals surface area contributed by atoms with Crippen LogP contribution >= 0.6 is 11.3 Å². The van der Waals surface area contributed by atoms with Gasteiger partial charge in [-0.3, -0.25) is 10.1 Å². The highest BCUT2D eigenvalue weighted by Crippen LogP contribution is 2.32. The molecule has 5 N–H and O–H groups in total. The molecule has 9 heteroatoms. The minimum atomic E-state index is -1.52. The van der Waals surface area contributed by atoms with Crippen molar-refractivity contribution in [1.29, 1.82) is 0 Å². The van der Waals surface area contributed by atoms with Crippen LogP contribution in [0.3, 0.4) is 0 Å². The summed E-state index contributed by atoms with van der Waals surface area (Å²) < 4.78 is 6.69. The Labute approximate surface area is 170 Å². The number of rotatable bonds is 4. The van der Waals surface area contributed by atoms with Gasteiger partial charge in [0.25, 0.3) is 5.91 Å². The van der Waals surface area contributed by atoms with E-state index < -0.39 is 17.5 Å². The number of aromatic nitrogens is 1. The molecule has 2 aromatic heterocycles. The molecule has 4 rings (SSSR count). The lowest BCUT2D eigenvalue weighted by atomic mass is 10.00. The van der Waals surface area contributed by atoms with Crippen molar-refractivity contribution < 1.29 is 19.4 Å². The average molecular weight is 410 g/mol. The number of urea groups is 1. The van der Waals surface area contributed by atoms with Gasteiger partial charge in [0, 0.05) is 39.3 Å². The first kappa shape index (κ1) is 18.9. The van der Waals surface area contributed by atoms with Crippen molar-refractivity contribution in [3.63, 3.8) is 0 Å². The zero-order valence-corrected chi connectivity index (χ0v) is 16.3. The molecular weight excluding hydrogens is 392 g/mol. The molecule has 8 nitrogen and oxygen atoms in total. The van der Waals surface area contributed by atoms with E-state index in [9.17, 15) is 14.7 Å². The van der Waals surface area contributed by atoms with E-state index in [-0.39, 0.29) is 12.4 Å². The third-order valence-electron chi connectivity index (χ3n) is 4.69. The topological polar surface area (TPSA) is 119 Å². The zero-order chi connectivity index (χ0) is 20.6. The van der Waals surface area contributed by atoms with Crippen LogP contribution in [0, 0.1) is 11.8 Å². The van der Waals surface area contributed by atoms with E-state index in [2.05, 4.69) is 22.5 Å². The van der Waals surface area contributed by atoms with E-state index in [0.29, 0.717) is 23.2 Å². The first-order valence-electron chi connectivity index (χ1n) is 8.74. The Balaban J connectivity index is 1.74. The first-order chi connectivity index (χ1) is 13.9. The van der Waals surface area contributed by atoms with E-state index in [1.165, 1.54) is 15.9 Å². The van der Waals surface area contributed by atoms with Crippen molar-refractivity contribution >= 4 is 34.0 Å². The quantitative estimate of drug-likeness (QED) is 0.384. The van der Waals surface area contributed by atoms with Crippen LogP contribution in [0.15, 0.2) is 35.8 Å². The van der Waals surface area contributed by atoms with Crippen LogP contribution in [0.4, 0.5) is 4.79 Å². The minimum Gasteiger partial charge on any atom is -0.497 e. The summed E-state index contributed by atoms with van der Waals surface area (Å²) in [7, 11) is 1.54. The van der Waals surface area contributed by atoms with Crippen molar-refractivity contribution in [2.75, 3.05) is 7.11 Å². The van der Waals surface area contributed by atoms with Gasteiger partial charge in [0.1, 0.15) is 5.75 Å². The Morgan fingerprint density at radius 2 is 2.17 bits per heavy atom. The van der Waals surface area contributed by atoms with Crippen LogP contribution in [0.5, 0.6) is 11.6 Å². The number of hydrogen-bond donors (Lipinski definition) is 4. The maximum Gasteiger partial charge on any atom is 0.323 e. The predicted molar refractivity (Wildman–Crippen MR) is 109 cm³/mol. The molecule has 0 radical (unpaired) electrons. The SMILES string of the molecule is COc1ccc2cn(C[C@@]3(C#Cc4csc(CN)c4)NC(=O)NC3=O)c(O)c2c1. The van der Waals surface area contributed by atoms with Crippen molar-refractivity contribution in [3.8, 4) is 23.5 Å². The van der Waals surface area contributed by atoms with E-state index in [0.717, 1.165) is 10.3 Å². The van der Waals surface area contributed by atoms with Gasteiger partial charge in [0.15, 0.2) is 5.88 Å². The Morgan fingerprint density at radius 1 is 1.34 bits per heavy atom. The zero-order valence-electron chi connectivity index (χ0n) is 15.5. The fraction of sp³-hybridized carbons (Fsp3) is 0.200. The molecule has 148 valence electrons. The predicted octanol–water partition coefficient (Wildman–Crippen LogP) is 1.51. The molecule has 0 saturated carbocycles. The number of carbonyl (C=O) groups excluding carboxylic acids is 2. The van der Waals surface area contributed by atoms with Gasteiger partial charge in [-0.1, -0.05) is 11.8 Å². The highest BCUT2D eigenvalue weighted by atomic mass is 32.1. The Hall–Kier alpha value is -3.48. The number of carbonyl (C=O) groups is 2. The number of fused-ring (bicyclic) bond motifs is 1. The molecule has 0 bridgehead atoms. The Kier molecular flexibility index (Phi) is 4.66.